The van der Waals surface area contributed by atoms with Gasteiger partial charge in [0.25, 0.3) is 0 Å². The lowest BCUT2D eigenvalue weighted by Crippen LogP contribution is -1.89. The predicted molar refractivity (Wildman–Crippen MR) is 102 cm³/mol. The van der Waals surface area contributed by atoms with Crippen LogP contribution in [0.4, 0.5) is 5.69 Å². The lowest BCUT2D eigenvalue weighted by atomic mass is 10.1. The summed E-state index contributed by atoms with van der Waals surface area (Å²) in [5, 5.41) is 0. The summed E-state index contributed by atoms with van der Waals surface area (Å²) in [6.07, 6.45) is 6.03. The molecule has 0 spiro atoms. The van der Waals surface area contributed by atoms with Crippen molar-refractivity contribution < 1.29 is 4.74 Å². The van der Waals surface area contributed by atoms with Crippen molar-refractivity contribution in [2.45, 2.75) is 0 Å². The van der Waals surface area contributed by atoms with Gasteiger partial charge in [0, 0.05) is 11.8 Å². The first-order valence-corrected chi connectivity index (χ1v) is 7.85. The molecule has 0 fully saturated rings. The van der Waals surface area contributed by atoms with Crippen molar-refractivity contribution in [3.63, 3.8) is 0 Å². The Bertz CT molecular complexity index is 833. The van der Waals surface area contributed by atoms with Gasteiger partial charge in [0.1, 0.15) is 5.75 Å². The van der Waals surface area contributed by atoms with E-state index in [0.29, 0.717) is 0 Å². The van der Waals surface area contributed by atoms with E-state index in [1.54, 1.807) is 7.11 Å². The summed E-state index contributed by atoms with van der Waals surface area (Å²) >= 11 is 0. The van der Waals surface area contributed by atoms with Crippen LogP contribution >= 0.6 is 0 Å². The number of hydrogen-bond acceptors (Lipinski definition) is 2. The Balaban J connectivity index is 1.70. The number of hydrogen-bond donors (Lipinski definition) is 0. The molecule has 0 radical (unpaired) electrons. The Morgan fingerprint density at radius 2 is 1.33 bits per heavy atom. The quantitative estimate of drug-likeness (QED) is 0.443. The van der Waals surface area contributed by atoms with E-state index in [2.05, 4.69) is 41.4 Å². The van der Waals surface area contributed by atoms with Gasteiger partial charge in [-0.1, -0.05) is 66.7 Å². The summed E-state index contributed by atoms with van der Waals surface area (Å²) in [6, 6.07) is 26.3. The van der Waals surface area contributed by atoms with Crippen LogP contribution in [0.25, 0.3) is 12.2 Å². The molecule has 0 aliphatic carbocycles. The SMILES string of the molecule is COc1ccccc1/C=N/c1ccc(/C=C/c2ccccc2)cc1. The van der Waals surface area contributed by atoms with Crippen molar-refractivity contribution in [1.29, 1.82) is 0 Å². The van der Waals surface area contributed by atoms with Gasteiger partial charge in [-0.25, -0.2) is 0 Å². The Morgan fingerprint density at radius 1 is 0.708 bits per heavy atom. The summed E-state index contributed by atoms with van der Waals surface area (Å²) in [4.78, 5) is 4.52. The predicted octanol–water partition coefficient (Wildman–Crippen LogP) is 5.62. The minimum atomic E-state index is 0.823. The first-order chi connectivity index (χ1) is 11.8. The van der Waals surface area contributed by atoms with E-state index in [1.165, 1.54) is 5.56 Å². The maximum atomic E-state index is 5.33. The zero-order valence-corrected chi connectivity index (χ0v) is 13.6. The van der Waals surface area contributed by atoms with Crippen LogP contribution in [-0.4, -0.2) is 13.3 Å². The summed E-state index contributed by atoms with van der Waals surface area (Å²) in [7, 11) is 1.67. The molecule has 3 rings (SSSR count). The molecule has 0 unspecified atom stereocenters. The number of para-hydroxylation sites is 1. The van der Waals surface area contributed by atoms with Crippen molar-refractivity contribution in [2.24, 2.45) is 4.99 Å². The molecule has 0 aliphatic rings. The number of benzene rings is 3. The maximum Gasteiger partial charge on any atom is 0.127 e. The molecule has 0 aliphatic heterocycles. The summed E-state index contributed by atoms with van der Waals surface area (Å²) in [5.41, 5.74) is 4.22. The Hall–Kier alpha value is -3.13. The zero-order valence-electron chi connectivity index (χ0n) is 13.6. The second-order valence-electron chi connectivity index (χ2n) is 5.34. The maximum absolute atomic E-state index is 5.33. The molecule has 24 heavy (non-hydrogen) atoms. The van der Waals surface area contributed by atoms with Crippen molar-refractivity contribution in [3.8, 4) is 5.75 Å². The molecule has 0 N–H and O–H groups in total. The molecule has 0 saturated carbocycles. The number of rotatable bonds is 5. The highest BCUT2D eigenvalue weighted by atomic mass is 16.5. The number of methoxy groups -OCH3 is 1. The summed E-state index contributed by atoms with van der Waals surface area (Å²) in [6.45, 7) is 0. The molecule has 3 aromatic carbocycles. The largest absolute Gasteiger partial charge is 0.496 e. The summed E-state index contributed by atoms with van der Waals surface area (Å²) in [5.74, 6) is 0.823. The van der Waals surface area contributed by atoms with E-state index < -0.39 is 0 Å². The Morgan fingerprint density at radius 3 is 2.04 bits per heavy atom. The van der Waals surface area contributed by atoms with Crippen LogP contribution in [0.5, 0.6) is 5.75 Å². The monoisotopic (exact) mass is 313 g/mol. The number of aliphatic imine (C=N–C) groups is 1. The standard InChI is InChI=1S/C22H19NO/c1-24-22-10-6-5-9-20(22)17-23-21-15-13-19(14-16-21)12-11-18-7-3-2-4-8-18/h2-17H,1H3/b12-11+,23-17+. The highest BCUT2D eigenvalue weighted by Gasteiger charge is 1.97. The molecule has 2 nitrogen and oxygen atoms in total. The molecule has 0 aromatic heterocycles. The van der Waals surface area contributed by atoms with Crippen molar-refractivity contribution in [1.82, 2.24) is 0 Å². The van der Waals surface area contributed by atoms with Crippen LogP contribution in [0.1, 0.15) is 16.7 Å². The Labute approximate surface area is 142 Å². The van der Waals surface area contributed by atoms with Crippen LogP contribution in [0.2, 0.25) is 0 Å². The molecule has 0 bridgehead atoms. The molecule has 0 saturated heterocycles. The van der Waals surface area contributed by atoms with Crippen LogP contribution in [0.3, 0.4) is 0 Å². The lowest BCUT2D eigenvalue weighted by Gasteiger charge is -2.03. The van der Waals surface area contributed by atoms with Gasteiger partial charge >= 0.3 is 0 Å². The smallest absolute Gasteiger partial charge is 0.127 e. The van der Waals surface area contributed by atoms with Gasteiger partial charge in [-0.05, 0) is 35.4 Å². The second-order valence-corrected chi connectivity index (χ2v) is 5.34. The zero-order chi connectivity index (χ0) is 16.6. The third-order valence-electron chi connectivity index (χ3n) is 3.65. The third-order valence-corrected chi connectivity index (χ3v) is 3.65. The molecular weight excluding hydrogens is 294 g/mol. The van der Waals surface area contributed by atoms with Crippen molar-refractivity contribution >= 4 is 24.1 Å². The minimum absolute atomic E-state index is 0.823. The minimum Gasteiger partial charge on any atom is -0.496 e. The molecule has 118 valence electrons. The van der Waals surface area contributed by atoms with E-state index in [4.69, 9.17) is 4.74 Å². The van der Waals surface area contributed by atoms with E-state index in [9.17, 15) is 0 Å². The third kappa shape index (κ3) is 4.20. The molecule has 0 amide bonds. The van der Waals surface area contributed by atoms with Gasteiger partial charge < -0.3 is 4.74 Å². The molecular formula is C22H19NO. The number of ether oxygens (including phenoxy) is 1. The van der Waals surface area contributed by atoms with E-state index in [0.717, 1.165) is 22.6 Å². The molecule has 0 heterocycles. The van der Waals surface area contributed by atoms with Crippen LogP contribution in [0.15, 0.2) is 83.9 Å². The fourth-order valence-corrected chi connectivity index (χ4v) is 2.35. The van der Waals surface area contributed by atoms with E-state index in [1.807, 2.05) is 60.8 Å². The van der Waals surface area contributed by atoms with E-state index in [-0.39, 0.29) is 0 Å². The summed E-state index contributed by atoms with van der Waals surface area (Å²) < 4.78 is 5.33. The second kappa shape index (κ2) is 7.93. The molecule has 3 aromatic rings. The van der Waals surface area contributed by atoms with Crippen LogP contribution in [0, 0.1) is 0 Å². The molecule has 0 atom stereocenters. The Kier molecular flexibility index (Phi) is 5.21. The van der Waals surface area contributed by atoms with E-state index >= 15 is 0 Å². The highest BCUT2D eigenvalue weighted by molar-refractivity contribution is 5.85. The first-order valence-electron chi connectivity index (χ1n) is 7.85. The average Bonchev–Trinajstić information content (AvgIpc) is 2.66. The van der Waals surface area contributed by atoms with Crippen molar-refractivity contribution in [3.05, 3.63) is 95.6 Å². The van der Waals surface area contributed by atoms with Gasteiger partial charge in [-0.3, -0.25) is 4.99 Å². The van der Waals surface area contributed by atoms with Gasteiger partial charge in [-0.15, -0.1) is 0 Å². The first kappa shape index (κ1) is 15.8. The number of nitrogens with zero attached hydrogens (tertiary/aromatic N) is 1. The fraction of sp³-hybridized carbons (Fsp3) is 0.0455. The van der Waals surface area contributed by atoms with Gasteiger partial charge in [0.2, 0.25) is 0 Å². The average molecular weight is 313 g/mol. The lowest BCUT2D eigenvalue weighted by molar-refractivity contribution is 0.414. The highest BCUT2D eigenvalue weighted by Crippen LogP contribution is 2.18. The topological polar surface area (TPSA) is 21.6 Å². The van der Waals surface area contributed by atoms with Gasteiger partial charge in [-0.2, -0.15) is 0 Å². The van der Waals surface area contributed by atoms with Crippen LogP contribution < -0.4 is 4.74 Å². The van der Waals surface area contributed by atoms with Crippen LogP contribution in [-0.2, 0) is 0 Å². The normalized spacial score (nSPS) is 11.2. The van der Waals surface area contributed by atoms with Gasteiger partial charge in [0.15, 0.2) is 0 Å². The molecule has 2 heteroatoms. The van der Waals surface area contributed by atoms with Crippen molar-refractivity contribution in [2.75, 3.05) is 7.11 Å². The fourth-order valence-electron chi connectivity index (χ4n) is 2.35. The van der Waals surface area contributed by atoms with Gasteiger partial charge in [0.05, 0.1) is 12.8 Å².